The molecule has 1 heterocycles. The Hall–Kier alpha value is -0.343. The fourth-order valence-electron chi connectivity index (χ4n) is 2.35. The van der Waals surface area contributed by atoms with Crippen LogP contribution in [0.25, 0.3) is 0 Å². The van der Waals surface area contributed by atoms with Gasteiger partial charge in [-0.3, -0.25) is 0 Å². The van der Waals surface area contributed by atoms with Crippen LogP contribution in [-0.4, -0.2) is 14.4 Å². The van der Waals surface area contributed by atoms with Crippen LogP contribution in [0.5, 0.6) is 0 Å². The zero-order valence-corrected chi connectivity index (χ0v) is 12.9. The third kappa shape index (κ3) is 5.22. The molecule has 1 fully saturated rings. The van der Waals surface area contributed by atoms with Crippen LogP contribution in [-0.2, 0) is 4.43 Å². The zero-order valence-electron chi connectivity index (χ0n) is 11.9. The van der Waals surface area contributed by atoms with Crippen molar-refractivity contribution in [1.82, 2.24) is 0 Å². The van der Waals surface area contributed by atoms with Gasteiger partial charge in [0.25, 0.3) is 0 Å². The standard InChI is InChI=1S/C15H27OSi/c1-6-7-8-9-10-14-12-17(4,5)16-15(14)11-13(2)3/h15H,2,6-9,11-12H2,1,3-5H3/t15-/m0/s1. The number of hydrogen-bond donors (Lipinski definition) is 0. The van der Waals surface area contributed by atoms with Crippen molar-refractivity contribution in [3.05, 3.63) is 23.8 Å². The van der Waals surface area contributed by atoms with Gasteiger partial charge < -0.3 is 4.43 Å². The van der Waals surface area contributed by atoms with E-state index in [0.29, 0.717) is 0 Å². The number of unbranched alkanes of at least 4 members (excludes halogenated alkanes) is 3. The van der Waals surface area contributed by atoms with Crippen molar-refractivity contribution in [3.63, 3.8) is 0 Å². The van der Waals surface area contributed by atoms with Crippen molar-refractivity contribution in [2.45, 2.75) is 71.2 Å². The van der Waals surface area contributed by atoms with E-state index in [1.807, 2.05) is 0 Å². The van der Waals surface area contributed by atoms with E-state index >= 15 is 0 Å². The van der Waals surface area contributed by atoms with Crippen LogP contribution < -0.4 is 0 Å². The summed E-state index contributed by atoms with van der Waals surface area (Å²) in [7, 11) is -1.44. The number of allylic oxidation sites excluding steroid dienone is 1. The molecule has 1 radical (unpaired) electrons. The molecule has 0 saturated carbocycles. The first kappa shape index (κ1) is 14.7. The molecule has 2 heteroatoms. The lowest BCUT2D eigenvalue weighted by Gasteiger charge is -2.17. The monoisotopic (exact) mass is 251 g/mol. The number of hydrogen-bond acceptors (Lipinski definition) is 1. The maximum absolute atomic E-state index is 6.21. The fraction of sp³-hybridized carbons (Fsp3) is 0.733. The Balaban J connectivity index is 2.56. The van der Waals surface area contributed by atoms with E-state index in [-0.39, 0.29) is 6.10 Å². The Morgan fingerprint density at radius 3 is 2.76 bits per heavy atom. The smallest absolute Gasteiger partial charge is 0.191 e. The minimum Gasteiger partial charge on any atom is -0.410 e. The summed E-state index contributed by atoms with van der Waals surface area (Å²) in [5.74, 6) is 0. The fourth-order valence-corrected chi connectivity index (χ4v) is 4.70. The molecular weight excluding hydrogens is 224 g/mol. The van der Waals surface area contributed by atoms with Gasteiger partial charge >= 0.3 is 0 Å². The lowest BCUT2D eigenvalue weighted by molar-refractivity contribution is 0.254. The Bertz CT molecular complexity index is 291. The predicted octanol–water partition coefficient (Wildman–Crippen LogP) is 4.87. The second kappa shape index (κ2) is 6.55. The largest absolute Gasteiger partial charge is 0.410 e. The van der Waals surface area contributed by atoms with Crippen LogP contribution in [0.4, 0.5) is 0 Å². The van der Waals surface area contributed by atoms with Gasteiger partial charge in [-0.25, -0.2) is 0 Å². The molecule has 17 heavy (non-hydrogen) atoms. The quantitative estimate of drug-likeness (QED) is 0.372. The van der Waals surface area contributed by atoms with Gasteiger partial charge in [0.05, 0.1) is 6.10 Å². The van der Waals surface area contributed by atoms with E-state index < -0.39 is 8.32 Å². The predicted molar refractivity (Wildman–Crippen MR) is 77.5 cm³/mol. The van der Waals surface area contributed by atoms with Crippen LogP contribution >= 0.6 is 0 Å². The zero-order chi connectivity index (χ0) is 12.9. The lowest BCUT2D eigenvalue weighted by Crippen LogP contribution is -2.25. The van der Waals surface area contributed by atoms with Gasteiger partial charge in [-0.2, -0.15) is 0 Å². The van der Waals surface area contributed by atoms with Crippen LogP contribution in [0.2, 0.25) is 19.1 Å². The maximum atomic E-state index is 6.21. The number of rotatable bonds is 6. The van der Waals surface area contributed by atoms with Crippen molar-refractivity contribution >= 4 is 8.32 Å². The molecule has 0 aliphatic carbocycles. The molecule has 1 aliphatic rings. The highest BCUT2D eigenvalue weighted by Crippen LogP contribution is 2.35. The molecular formula is C15H27OSi. The minimum atomic E-state index is -1.44. The summed E-state index contributed by atoms with van der Waals surface area (Å²) >= 11 is 0. The lowest BCUT2D eigenvalue weighted by atomic mass is 10.0. The molecule has 97 valence electrons. The molecule has 0 unspecified atom stereocenters. The molecule has 1 nitrogen and oxygen atoms in total. The van der Waals surface area contributed by atoms with E-state index in [1.165, 1.54) is 30.4 Å². The molecule has 0 bridgehead atoms. The summed E-state index contributed by atoms with van der Waals surface area (Å²) in [6.45, 7) is 12.9. The topological polar surface area (TPSA) is 9.23 Å². The Morgan fingerprint density at radius 1 is 1.47 bits per heavy atom. The maximum Gasteiger partial charge on any atom is 0.191 e. The van der Waals surface area contributed by atoms with Crippen LogP contribution in [0.1, 0.15) is 46.0 Å². The van der Waals surface area contributed by atoms with Crippen molar-refractivity contribution < 1.29 is 4.43 Å². The molecule has 0 aromatic carbocycles. The SMILES string of the molecule is C=C(C)C[C@@H]1O[Si](C)(C)CC1=[C]CCCCC. The molecule has 1 rings (SSSR count). The van der Waals surface area contributed by atoms with Gasteiger partial charge in [0.15, 0.2) is 8.32 Å². The summed E-state index contributed by atoms with van der Waals surface area (Å²) in [6.07, 6.45) is 9.84. The highest BCUT2D eigenvalue weighted by molar-refractivity contribution is 6.72. The summed E-state index contributed by atoms with van der Waals surface area (Å²) in [6, 6.07) is 1.16. The molecule has 1 saturated heterocycles. The molecule has 1 aliphatic heterocycles. The van der Waals surface area contributed by atoms with Gasteiger partial charge in [-0.1, -0.05) is 25.3 Å². The van der Waals surface area contributed by atoms with Gasteiger partial charge in [0.2, 0.25) is 0 Å². The first-order chi connectivity index (χ1) is 7.94. The Labute approximate surface area is 108 Å². The first-order valence-electron chi connectivity index (χ1n) is 6.86. The average molecular weight is 251 g/mol. The van der Waals surface area contributed by atoms with Crippen molar-refractivity contribution in [3.8, 4) is 0 Å². The first-order valence-corrected chi connectivity index (χ1v) is 9.98. The molecule has 0 amide bonds. The van der Waals surface area contributed by atoms with Gasteiger partial charge in [0.1, 0.15) is 0 Å². The van der Waals surface area contributed by atoms with E-state index in [1.54, 1.807) is 0 Å². The van der Waals surface area contributed by atoms with Crippen LogP contribution in [0, 0.1) is 6.08 Å². The van der Waals surface area contributed by atoms with Gasteiger partial charge in [0, 0.05) is 0 Å². The third-order valence-corrected chi connectivity index (χ3v) is 5.29. The van der Waals surface area contributed by atoms with Gasteiger partial charge in [-0.15, -0.1) is 6.58 Å². The third-order valence-electron chi connectivity index (χ3n) is 3.13. The van der Waals surface area contributed by atoms with Crippen LogP contribution in [0.3, 0.4) is 0 Å². The molecule has 0 aromatic rings. The average Bonchev–Trinajstić information content (AvgIpc) is 2.47. The van der Waals surface area contributed by atoms with E-state index in [0.717, 1.165) is 18.9 Å². The molecule has 0 N–H and O–H groups in total. The summed E-state index contributed by atoms with van der Waals surface area (Å²) in [4.78, 5) is 0. The second-order valence-corrected chi connectivity index (χ2v) is 9.97. The summed E-state index contributed by atoms with van der Waals surface area (Å²) < 4.78 is 6.21. The van der Waals surface area contributed by atoms with Crippen molar-refractivity contribution in [2.24, 2.45) is 0 Å². The second-order valence-electron chi connectivity index (χ2n) is 5.86. The Morgan fingerprint density at radius 2 is 2.18 bits per heavy atom. The summed E-state index contributed by atoms with van der Waals surface area (Å²) in [5.41, 5.74) is 2.65. The summed E-state index contributed by atoms with van der Waals surface area (Å²) in [5, 5.41) is 0. The molecule has 0 spiro atoms. The van der Waals surface area contributed by atoms with E-state index in [2.05, 4.69) is 39.6 Å². The van der Waals surface area contributed by atoms with E-state index in [4.69, 9.17) is 4.43 Å². The normalized spacial score (nSPS) is 25.4. The van der Waals surface area contributed by atoms with E-state index in [9.17, 15) is 0 Å². The highest BCUT2D eigenvalue weighted by Gasteiger charge is 2.37. The van der Waals surface area contributed by atoms with Crippen LogP contribution in [0.15, 0.2) is 17.7 Å². The van der Waals surface area contributed by atoms with Crippen molar-refractivity contribution in [2.75, 3.05) is 0 Å². The molecule has 0 aromatic heterocycles. The van der Waals surface area contributed by atoms with Gasteiger partial charge in [-0.05, 0) is 57.0 Å². The highest BCUT2D eigenvalue weighted by atomic mass is 28.4. The van der Waals surface area contributed by atoms with Crippen molar-refractivity contribution in [1.29, 1.82) is 0 Å². The molecule has 1 atom stereocenters. The minimum absolute atomic E-state index is 0.288. The Kier molecular flexibility index (Phi) is 5.67.